The fourth-order valence-electron chi connectivity index (χ4n) is 7.51. The normalized spacial score (nSPS) is 22.0. The molecule has 1 aromatic rings. The van der Waals surface area contributed by atoms with Gasteiger partial charge in [-0.3, -0.25) is 14.5 Å². The number of rotatable bonds is 15. The monoisotopic (exact) mass is 616 g/mol. The molecule has 2 saturated heterocycles. The van der Waals surface area contributed by atoms with Crippen molar-refractivity contribution in [2.45, 2.75) is 167 Å². The molecule has 0 bridgehead atoms. The van der Waals surface area contributed by atoms with Gasteiger partial charge in [0.2, 0.25) is 0 Å². The molecule has 0 unspecified atom stereocenters. The van der Waals surface area contributed by atoms with E-state index in [0.717, 1.165) is 25.9 Å². The van der Waals surface area contributed by atoms with E-state index in [1.54, 1.807) is 12.1 Å². The number of unbranched alkanes of at least 4 members (excludes halogenated alkanes) is 5. The number of nitrogens with zero attached hydrogens (tertiary/aromatic N) is 2. The van der Waals surface area contributed by atoms with E-state index < -0.39 is 11.1 Å². The van der Waals surface area contributed by atoms with Crippen molar-refractivity contribution in [2.24, 2.45) is 0 Å². The Morgan fingerprint density at radius 2 is 1.11 bits per heavy atom. The van der Waals surface area contributed by atoms with Crippen LogP contribution in [0.4, 0.5) is 0 Å². The van der Waals surface area contributed by atoms with E-state index >= 15 is 0 Å². The van der Waals surface area contributed by atoms with Crippen LogP contribution in [0.15, 0.2) is 30.3 Å². The first-order chi connectivity index (χ1) is 20.6. The van der Waals surface area contributed by atoms with Gasteiger partial charge in [0.25, 0.3) is 0 Å². The molecule has 0 spiro atoms. The number of benzene rings is 1. The average molecular weight is 617 g/mol. The first-order valence-electron chi connectivity index (χ1n) is 16.9. The number of esters is 2. The molecule has 2 aliphatic heterocycles. The number of carbonyl (C=O) groups excluding carboxylic acids is 2. The van der Waals surface area contributed by atoms with E-state index in [-0.39, 0.29) is 48.3 Å². The highest BCUT2D eigenvalue weighted by atomic mass is 16.7. The molecule has 0 radical (unpaired) electrons. The summed E-state index contributed by atoms with van der Waals surface area (Å²) in [5, 5.41) is 4.12. The van der Waals surface area contributed by atoms with Crippen LogP contribution in [0.5, 0.6) is 0 Å². The lowest BCUT2D eigenvalue weighted by molar-refractivity contribution is -0.296. The number of hydrogen-bond acceptors (Lipinski definition) is 8. The molecule has 0 aliphatic carbocycles. The molecule has 44 heavy (non-hydrogen) atoms. The molecule has 0 saturated carbocycles. The van der Waals surface area contributed by atoms with Crippen molar-refractivity contribution < 1.29 is 28.7 Å². The highest BCUT2D eigenvalue weighted by molar-refractivity contribution is 5.89. The molecule has 0 amide bonds. The summed E-state index contributed by atoms with van der Waals surface area (Å²) in [7, 11) is 0. The standard InChI is InChI=1S/C36H60N2O6/c1-10-11-12-13-14-18-22-41-37-33(2,3)24-29(25-34(37,4)5)43-31(39)21-23-42-38-35(6,7)26-30(27-36(38,8)9)44-32(40)28-19-16-15-17-20-28/h15-17,19-20,29-30H,10-14,18,21-27H2,1-9H3. The second-order valence-corrected chi connectivity index (χ2v) is 15.3. The fourth-order valence-corrected chi connectivity index (χ4v) is 7.51. The zero-order valence-corrected chi connectivity index (χ0v) is 29.1. The van der Waals surface area contributed by atoms with Crippen molar-refractivity contribution in [1.29, 1.82) is 0 Å². The Bertz CT molecular complexity index is 1020. The van der Waals surface area contributed by atoms with E-state index in [2.05, 4.69) is 67.4 Å². The van der Waals surface area contributed by atoms with Crippen LogP contribution in [-0.2, 0) is 23.9 Å². The number of carbonyl (C=O) groups is 2. The molecule has 0 atom stereocenters. The van der Waals surface area contributed by atoms with E-state index in [1.165, 1.54) is 32.1 Å². The van der Waals surface area contributed by atoms with Crippen molar-refractivity contribution in [2.75, 3.05) is 13.2 Å². The van der Waals surface area contributed by atoms with Crippen molar-refractivity contribution >= 4 is 11.9 Å². The smallest absolute Gasteiger partial charge is 0.338 e. The van der Waals surface area contributed by atoms with Gasteiger partial charge in [0.15, 0.2) is 0 Å². The quantitative estimate of drug-likeness (QED) is 0.145. The maximum absolute atomic E-state index is 13.0. The first-order valence-corrected chi connectivity index (χ1v) is 16.9. The van der Waals surface area contributed by atoms with Crippen LogP contribution in [0.3, 0.4) is 0 Å². The van der Waals surface area contributed by atoms with Crippen LogP contribution < -0.4 is 0 Å². The number of ether oxygens (including phenoxy) is 2. The molecule has 8 nitrogen and oxygen atoms in total. The zero-order chi connectivity index (χ0) is 32.6. The van der Waals surface area contributed by atoms with Crippen LogP contribution in [0.25, 0.3) is 0 Å². The molecule has 0 N–H and O–H groups in total. The van der Waals surface area contributed by atoms with Gasteiger partial charge in [-0.05, 0) is 73.9 Å². The Morgan fingerprint density at radius 1 is 0.659 bits per heavy atom. The summed E-state index contributed by atoms with van der Waals surface area (Å²) in [5.74, 6) is -0.550. The summed E-state index contributed by atoms with van der Waals surface area (Å²) in [5.41, 5.74) is -0.757. The zero-order valence-electron chi connectivity index (χ0n) is 29.1. The molecule has 2 heterocycles. The molecule has 250 valence electrons. The third-order valence-electron chi connectivity index (χ3n) is 8.93. The second-order valence-electron chi connectivity index (χ2n) is 15.3. The van der Waals surface area contributed by atoms with E-state index in [0.29, 0.717) is 18.4 Å². The SMILES string of the molecule is CCCCCCCCON1C(C)(C)CC(OC(=O)CCON2C(C)(C)CC(OC(=O)c3ccccc3)CC2(C)C)CC1(C)C. The van der Waals surface area contributed by atoms with Crippen LogP contribution in [0, 0.1) is 0 Å². The predicted octanol–water partition coefficient (Wildman–Crippen LogP) is 8.04. The number of piperidine rings is 2. The molecule has 1 aromatic carbocycles. The minimum absolute atomic E-state index is 0.171. The topological polar surface area (TPSA) is 77.5 Å². The molecule has 2 aliphatic rings. The molecule has 3 rings (SSSR count). The third kappa shape index (κ3) is 10.3. The lowest BCUT2D eigenvalue weighted by Gasteiger charge is -2.53. The Hall–Kier alpha value is -2.00. The third-order valence-corrected chi connectivity index (χ3v) is 8.93. The summed E-state index contributed by atoms with van der Waals surface area (Å²) in [6.07, 6.45) is 9.85. The lowest BCUT2D eigenvalue weighted by Crippen LogP contribution is -2.62. The molecular weight excluding hydrogens is 556 g/mol. The minimum atomic E-state index is -0.399. The van der Waals surface area contributed by atoms with E-state index in [9.17, 15) is 9.59 Å². The fraction of sp³-hybridized carbons (Fsp3) is 0.778. The first kappa shape index (κ1) is 36.5. The lowest BCUT2D eigenvalue weighted by atomic mass is 9.80. The van der Waals surface area contributed by atoms with Crippen molar-refractivity contribution in [1.82, 2.24) is 10.1 Å². The highest BCUT2D eigenvalue weighted by Gasteiger charge is 2.49. The van der Waals surface area contributed by atoms with Gasteiger partial charge >= 0.3 is 11.9 Å². The second kappa shape index (κ2) is 15.5. The summed E-state index contributed by atoms with van der Waals surface area (Å²) in [6.45, 7) is 20.2. The van der Waals surface area contributed by atoms with Gasteiger partial charge in [-0.1, -0.05) is 57.2 Å². The largest absolute Gasteiger partial charge is 0.462 e. The van der Waals surface area contributed by atoms with E-state index in [1.807, 2.05) is 23.3 Å². The van der Waals surface area contributed by atoms with Gasteiger partial charge in [0, 0.05) is 47.8 Å². The Labute approximate surface area is 267 Å². The Balaban J connectivity index is 1.46. The molecule has 0 aromatic heterocycles. The van der Waals surface area contributed by atoms with Crippen molar-refractivity contribution in [3.8, 4) is 0 Å². The Kier molecular flexibility index (Phi) is 12.9. The maximum Gasteiger partial charge on any atom is 0.338 e. The number of hydrogen-bond donors (Lipinski definition) is 0. The van der Waals surface area contributed by atoms with Crippen LogP contribution in [0.1, 0.15) is 143 Å². The van der Waals surface area contributed by atoms with E-state index in [4.69, 9.17) is 19.1 Å². The van der Waals surface area contributed by atoms with Crippen molar-refractivity contribution in [3.05, 3.63) is 35.9 Å². The molecule has 8 heteroatoms. The summed E-state index contributed by atoms with van der Waals surface area (Å²) in [4.78, 5) is 38.3. The van der Waals surface area contributed by atoms with Crippen LogP contribution in [0.2, 0.25) is 0 Å². The average Bonchev–Trinajstić information content (AvgIpc) is 2.90. The van der Waals surface area contributed by atoms with Gasteiger partial charge in [-0.2, -0.15) is 10.1 Å². The van der Waals surface area contributed by atoms with Gasteiger partial charge in [0.1, 0.15) is 12.2 Å². The van der Waals surface area contributed by atoms with Gasteiger partial charge < -0.3 is 9.47 Å². The molecule has 2 fully saturated rings. The summed E-state index contributed by atoms with van der Waals surface area (Å²) >= 11 is 0. The minimum Gasteiger partial charge on any atom is -0.462 e. The Morgan fingerprint density at radius 3 is 1.64 bits per heavy atom. The number of hydroxylamine groups is 4. The van der Waals surface area contributed by atoms with Crippen LogP contribution >= 0.6 is 0 Å². The van der Waals surface area contributed by atoms with Gasteiger partial charge in [0.05, 0.1) is 25.2 Å². The summed E-state index contributed by atoms with van der Waals surface area (Å²) in [6, 6.07) is 9.09. The molecular formula is C36H60N2O6. The highest BCUT2D eigenvalue weighted by Crippen LogP contribution is 2.41. The maximum atomic E-state index is 13.0. The van der Waals surface area contributed by atoms with Gasteiger partial charge in [-0.25, -0.2) is 4.79 Å². The van der Waals surface area contributed by atoms with Crippen molar-refractivity contribution in [3.63, 3.8) is 0 Å². The van der Waals surface area contributed by atoms with Crippen LogP contribution in [-0.4, -0.2) is 69.6 Å². The summed E-state index contributed by atoms with van der Waals surface area (Å²) < 4.78 is 11.9. The van der Waals surface area contributed by atoms with Gasteiger partial charge in [-0.15, -0.1) is 0 Å². The predicted molar refractivity (Wildman–Crippen MR) is 174 cm³/mol.